The molecule has 1 heterocycles. The number of benzene rings is 4. The lowest BCUT2D eigenvalue weighted by Crippen LogP contribution is -2.38. The second-order valence-electron chi connectivity index (χ2n) is 9.94. The van der Waals surface area contributed by atoms with Gasteiger partial charge >= 0.3 is 0 Å². The first-order chi connectivity index (χ1) is 18.5. The van der Waals surface area contributed by atoms with Crippen LogP contribution in [0.5, 0.6) is 0 Å². The van der Waals surface area contributed by atoms with Gasteiger partial charge in [0.2, 0.25) is 0 Å². The molecule has 1 aliphatic carbocycles. The molecule has 0 radical (unpaired) electrons. The first-order valence-electron chi connectivity index (χ1n) is 12.8. The molecule has 0 aromatic heterocycles. The number of Topliss-reactive ketones (excluding diaryl/α,β-unsaturated/α-hetero) is 1. The van der Waals surface area contributed by atoms with Gasteiger partial charge in [0, 0.05) is 23.3 Å². The number of nitrogens with one attached hydrogen (secondary N) is 1. The smallest absolute Gasteiger partial charge is 0.259 e. The van der Waals surface area contributed by atoms with E-state index in [4.69, 9.17) is 0 Å². The zero-order valence-corrected chi connectivity index (χ0v) is 21.0. The number of fused-ring (bicyclic) bond motifs is 1. The summed E-state index contributed by atoms with van der Waals surface area (Å²) in [6, 6.07) is 30.8. The minimum atomic E-state index is -0.636. The molecular formula is C33H27FN2O2. The topological polar surface area (TPSA) is 49.4 Å². The zero-order chi connectivity index (χ0) is 26.2. The Kier molecular flexibility index (Phi) is 6.12. The van der Waals surface area contributed by atoms with Crippen molar-refractivity contribution in [2.24, 2.45) is 0 Å². The lowest BCUT2D eigenvalue weighted by atomic mass is 9.78. The average Bonchev–Trinajstić information content (AvgIpc) is 3.08. The first-order valence-corrected chi connectivity index (χ1v) is 12.8. The third kappa shape index (κ3) is 4.20. The summed E-state index contributed by atoms with van der Waals surface area (Å²) in [4.78, 5) is 30.0. The van der Waals surface area contributed by atoms with Crippen molar-refractivity contribution < 1.29 is 14.0 Å². The lowest BCUT2D eigenvalue weighted by molar-refractivity contribution is -0.116. The van der Waals surface area contributed by atoms with Crippen LogP contribution in [0.2, 0.25) is 0 Å². The van der Waals surface area contributed by atoms with E-state index in [1.165, 1.54) is 6.07 Å². The van der Waals surface area contributed by atoms with E-state index in [-0.39, 0.29) is 29.8 Å². The van der Waals surface area contributed by atoms with Crippen LogP contribution in [0, 0.1) is 12.7 Å². The van der Waals surface area contributed by atoms with E-state index >= 15 is 0 Å². The molecule has 2 atom stereocenters. The lowest BCUT2D eigenvalue weighted by Gasteiger charge is -2.35. The summed E-state index contributed by atoms with van der Waals surface area (Å²) in [7, 11) is 0. The van der Waals surface area contributed by atoms with Crippen LogP contribution in [0.4, 0.5) is 15.8 Å². The van der Waals surface area contributed by atoms with Crippen molar-refractivity contribution in [2.75, 3.05) is 10.2 Å². The highest BCUT2D eigenvalue weighted by molar-refractivity contribution is 6.12. The molecule has 0 bridgehead atoms. The third-order valence-electron chi connectivity index (χ3n) is 7.47. The predicted octanol–water partition coefficient (Wildman–Crippen LogP) is 7.35. The minimum absolute atomic E-state index is 0.0868. The molecule has 0 fully saturated rings. The summed E-state index contributed by atoms with van der Waals surface area (Å²) >= 11 is 0. The van der Waals surface area contributed by atoms with Gasteiger partial charge in [0.1, 0.15) is 5.82 Å². The van der Waals surface area contributed by atoms with Crippen molar-refractivity contribution in [3.05, 3.63) is 142 Å². The number of carbonyl (C=O) groups is 2. The highest BCUT2D eigenvalue weighted by atomic mass is 19.1. The number of allylic oxidation sites excluding steroid dienone is 1. The molecule has 1 aliphatic heterocycles. The molecule has 6 rings (SSSR count). The van der Waals surface area contributed by atoms with E-state index in [1.54, 1.807) is 35.2 Å². The molecule has 2 aliphatic rings. The number of hydrogen-bond donors (Lipinski definition) is 1. The summed E-state index contributed by atoms with van der Waals surface area (Å²) < 4.78 is 14.8. The Bertz CT molecular complexity index is 1560. The molecule has 0 spiro atoms. The van der Waals surface area contributed by atoms with Gasteiger partial charge in [0.15, 0.2) is 5.78 Å². The Hall–Kier alpha value is -4.51. The fourth-order valence-electron chi connectivity index (χ4n) is 5.62. The SMILES string of the molecule is Cc1ccc([C@@H]2C3=C(C[C@@H](c4ccccc4F)CC3=O)Nc3ccccc3N2C(=O)c2ccccc2)cc1. The molecule has 0 unspecified atom stereocenters. The Morgan fingerprint density at radius 1 is 0.842 bits per heavy atom. The van der Waals surface area contributed by atoms with Crippen LogP contribution < -0.4 is 10.2 Å². The highest BCUT2D eigenvalue weighted by Gasteiger charge is 2.42. The van der Waals surface area contributed by atoms with Gasteiger partial charge in [-0.1, -0.05) is 78.4 Å². The standard InChI is InChI=1S/C33H27FN2O2/c1-21-15-17-22(18-16-21)32-31-28(19-24(20-30(31)37)25-11-5-6-12-26(25)34)35-27-13-7-8-14-29(27)36(32)33(38)23-9-3-2-4-10-23/h2-18,24,32,35H,19-20H2,1H3/t24-,32-/m1/s1. The van der Waals surface area contributed by atoms with Crippen molar-refractivity contribution in [1.82, 2.24) is 0 Å². The molecule has 0 saturated carbocycles. The number of hydrogen-bond acceptors (Lipinski definition) is 3. The van der Waals surface area contributed by atoms with E-state index < -0.39 is 6.04 Å². The van der Waals surface area contributed by atoms with Crippen molar-refractivity contribution in [3.63, 3.8) is 0 Å². The maximum atomic E-state index is 14.8. The van der Waals surface area contributed by atoms with E-state index in [9.17, 15) is 14.0 Å². The molecule has 1 N–H and O–H groups in total. The van der Waals surface area contributed by atoms with Crippen molar-refractivity contribution in [2.45, 2.75) is 31.7 Å². The second kappa shape index (κ2) is 9.75. The molecule has 4 aromatic carbocycles. The third-order valence-corrected chi connectivity index (χ3v) is 7.47. The highest BCUT2D eigenvalue weighted by Crippen LogP contribution is 2.48. The van der Waals surface area contributed by atoms with Crippen LogP contribution in [0.15, 0.2) is 114 Å². The second-order valence-corrected chi connectivity index (χ2v) is 9.94. The Morgan fingerprint density at radius 2 is 1.53 bits per heavy atom. The molecule has 38 heavy (non-hydrogen) atoms. The number of nitrogens with zero attached hydrogens (tertiary/aromatic N) is 1. The maximum absolute atomic E-state index is 14.8. The van der Waals surface area contributed by atoms with Gasteiger partial charge in [-0.3, -0.25) is 14.5 Å². The van der Waals surface area contributed by atoms with Crippen LogP contribution in [0.3, 0.4) is 0 Å². The summed E-state index contributed by atoms with van der Waals surface area (Å²) in [6.45, 7) is 2.01. The van der Waals surface area contributed by atoms with Crippen molar-refractivity contribution in [1.29, 1.82) is 0 Å². The average molecular weight is 503 g/mol. The molecule has 5 heteroatoms. The molecule has 1 amide bonds. The monoisotopic (exact) mass is 502 g/mol. The minimum Gasteiger partial charge on any atom is -0.357 e. The molecule has 0 saturated heterocycles. The van der Waals surface area contributed by atoms with Gasteiger partial charge in [-0.05, 0) is 60.7 Å². The van der Waals surface area contributed by atoms with Gasteiger partial charge in [-0.2, -0.15) is 0 Å². The summed E-state index contributed by atoms with van der Waals surface area (Å²) in [5.74, 6) is -0.879. The van der Waals surface area contributed by atoms with E-state index in [0.29, 0.717) is 28.8 Å². The van der Waals surface area contributed by atoms with Crippen molar-refractivity contribution in [3.8, 4) is 0 Å². The molecule has 4 nitrogen and oxygen atoms in total. The molecular weight excluding hydrogens is 475 g/mol. The quantitative estimate of drug-likeness (QED) is 0.319. The van der Waals surface area contributed by atoms with Crippen LogP contribution in [0.1, 0.15) is 51.8 Å². The number of anilines is 2. The van der Waals surface area contributed by atoms with E-state index in [1.807, 2.05) is 73.7 Å². The zero-order valence-electron chi connectivity index (χ0n) is 21.0. The number of aryl methyl sites for hydroxylation is 1. The maximum Gasteiger partial charge on any atom is 0.259 e. The first kappa shape index (κ1) is 23.9. The predicted molar refractivity (Wildman–Crippen MR) is 148 cm³/mol. The van der Waals surface area contributed by atoms with E-state index in [2.05, 4.69) is 5.32 Å². The van der Waals surface area contributed by atoms with Crippen molar-refractivity contribution >= 4 is 23.1 Å². The Morgan fingerprint density at radius 3 is 2.29 bits per heavy atom. The number of halogens is 1. The van der Waals surface area contributed by atoms with Crippen LogP contribution in [0.25, 0.3) is 0 Å². The number of carbonyl (C=O) groups excluding carboxylic acids is 2. The molecule has 4 aromatic rings. The number of rotatable bonds is 3. The number of ketones is 1. The number of amides is 1. The summed E-state index contributed by atoms with van der Waals surface area (Å²) in [5, 5.41) is 3.50. The van der Waals surface area contributed by atoms with Crippen LogP contribution in [-0.4, -0.2) is 11.7 Å². The van der Waals surface area contributed by atoms with E-state index in [0.717, 1.165) is 22.5 Å². The van der Waals surface area contributed by atoms with Gasteiger partial charge in [0.25, 0.3) is 5.91 Å². The fraction of sp³-hybridized carbons (Fsp3) is 0.152. The van der Waals surface area contributed by atoms with Crippen LogP contribution in [-0.2, 0) is 4.79 Å². The normalized spacial score (nSPS) is 18.8. The van der Waals surface area contributed by atoms with Gasteiger partial charge in [-0.25, -0.2) is 4.39 Å². The van der Waals surface area contributed by atoms with Gasteiger partial charge < -0.3 is 5.32 Å². The Balaban J connectivity index is 1.57. The molecule has 188 valence electrons. The number of para-hydroxylation sites is 2. The summed E-state index contributed by atoms with van der Waals surface area (Å²) in [5.41, 5.74) is 5.73. The Labute approximate surface area is 221 Å². The van der Waals surface area contributed by atoms with Gasteiger partial charge in [0.05, 0.1) is 17.4 Å². The van der Waals surface area contributed by atoms with Gasteiger partial charge in [-0.15, -0.1) is 0 Å². The van der Waals surface area contributed by atoms with Crippen LogP contribution >= 0.6 is 0 Å². The fourth-order valence-corrected chi connectivity index (χ4v) is 5.62. The largest absolute Gasteiger partial charge is 0.357 e. The summed E-state index contributed by atoms with van der Waals surface area (Å²) in [6.07, 6.45) is 0.638.